The molecule has 0 spiro atoms. The molecular weight excluding hydrogens is 333 g/mol. The molecule has 120 valence electrons. The zero-order valence-corrected chi connectivity index (χ0v) is 14.1. The summed E-state index contributed by atoms with van der Waals surface area (Å²) in [5, 5.41) is 3.75. The Morgan fingerprint density at radius 1 is 1.09 bits per heavy atom. The van der Waals surface area contributed by atoms with E-state index in [2.05, 4.69) is 15.2 Å². The van der Waals surface area contributed by atoms with Gasteiger partial charge in [-0.05, 0) is 43.5 Å². The molecule has 0 unspecified atom stereocenters. The molecule has 1 amide bonds. The van der Waals surface area contributed by atoms with Crippen LogP contribution in [0, 0.1) is 0 Å². The third kappa shape index (κ3) is 3.95. The van der Waals surface area contributed by atoms with Gasteiger partial charge in [-0.3, -0.25) is 9.78 Å². The van der Waals surface area contributed by atoms with Crippen LogP contribution in [0.5, 0.6) is 0 Å². The number of piperidine rings is 1. The maximum atomic E-state index is 12.4. The number of nitrogens with zero attached hydrogens (tertiary/aromatic N) is 2. The van der Waals surface area contributed by atoms with Crippen LogP contribution >= 0.6 is 23.2 Å². The summed E-state index contributed by atoms with van der Waals surface area (Å²) in [4.78, 5) is 18.9. The second-order valence-corrected chi connectivity index (χ2v) is 6.40. The van der Waals surface area contributed by atoms with Crippen LogP contribution in [0.4, 0.5) is 11.4 Å². The van der Waals surface area contributed by atoms with Gasteiger partial charge in [0.05, 0.1) is 28.2 Å². The van der Waals surface area contributed by atoms with E-state index in [0.717, 1.165) is 18.8 Å². The number of carbonyl (C=O) groups excluding carboxylic acids is 1. The highest BCUT2D eigenvalue weighted by atomic mass is 35.5. The third-order valence-corrected chi connectivity index (χ3v) is 4.45. The lowest BCUT2D eigenvalue weighted by Crippen LogP contribution is -2.29. The summed E-state index contributed by atoms with van der Waals surface area (Å²) >= 11 is 12.0. The molecule has 6 heteroatoms. The molecule has 23 heavy (non-hydrogen) atoms. The number of pyridine rings is 1. The number of anilines is 2. The van der Waals surface area contributed by atoms with Crippen molar-refractivity contribution in [3.8, 4) is 0 Å². The first-order chi connectivity index (χ1) is 11.1. The fourth-order valence-electron chi connectivity index (χ4n) is 2.66. The van der Waals surface area contributed by atoms with Crippen LogP contribution < -0.4 is 10.2 Å². The van der Waals surface area contributed by atoms with Crippen LogP contribution in [0.25, 0.3) is 0 Å². The maximum Gasteiger partial charge on any atom is 0.257 e. The van der Waals surface area contributed by atoms with Gasteiger partial charge in [-0.2, -0.15) is 0 Å². The molecule has 3 rings (SSSR count). The molecule has 0 atom stereocenters. The number of benzene rings is 1. The summed E-state index contributed by atoms with van der Waals surface area (Å²) in [5.41, 5.74) is 1.98. The number of carbonyl (C=O) groups is 1. The molecule has 0 aliphatic carbocycles. The van der Waals surface area contributed by atoms with Gasteiger partial charge in [0.15, 0.2) is 0 Å². The number of halogens is 2. The quantitative estimate of drug-likeness (QED) is 0.878. The Bertz CT molecular complexity index is 715. The summed E-state index contributed by atoms with van der Waals surface area (Å²) in [5.74, 6) is -0.250. The Hall–Kier alpha value is -1.78. The highest BCUT2D eigenvalue weighted by Crippen LogP contribution is 2.26. The fourth-order valence-corrected chi connectivity index (χ4v) is 3.00. The highest BCUT2D eigenvalue weighted by molar-refractivity contribution is 6.35. The number of rotatable bonds is 3. The molecule has 1 aliphatic heterocycles. The molecule has 2 aromatic rings. The monoisotopic (exact) mass is 349 g/mol. The summed E-state index contributed by atoms with van der Waals surface area (Å²) in [6.45, 7) is 2.01. The minimum Gasteiger partial charge on any atom is -0.370 e. The van der Waals surface area contributed by atoms with E-state index in [1.165, 1.54) is 19.3 Å². The Labute approximate surface area is 145 Å². The van der Waals surface area contributed by atoms with E-state index >= 15 is 0 Å². The van der Waals surface area contributed by atoms with Gasteiger partial charge in [-0.25, -0.2) is 0 Å². The predicted molar refractivity (Wildman–Crippen MR) is 94.7 cm³/mol. The van der Waals surface area contributed by atoms with E-state index in [0.29, 0.717) is 21.3 Å². The van der Waals surface area contributed by atoms with Crippen LogP contribution in [-0.2, 0) is 0 Å². The van der Waals surface area contributed by atoms with Crippen molar-refractivity contribution in [2.75, 3.05) is 23.3 Å². The zero-order valence-electron chi connectivity index (χ0n) is 12.6. The van der Waals surface area contributed by atoms with Crippen molar-refractivity contribution < 1.29 is 4.79 Å². The third-order valence-electron chi connectivity index (χ3n) is 3.88. The first-order valence-electron chi connectivity index (χ1n) is 7.60. The molecule has 1 N–H and O–H groups in total. The van der Waals surface area contributed by atoms with Crippen molar-refractivity contribution >= 4 is 40.5 Å². The van der Waals surface area contributed by atoms with Gasteiger partial charge in [0.25, 0.3) is 5.91 Å². The molecule has 1 saturated heterocycles. The Balaban J connectivity index is 1.78. The maximum absolute atomic E-state index is 12.4. The van der Waals surface area contributed by atoms with E-state index < -0.39 is 0 Å². The van der Waals surface area contributed by atoms with Crippen molar-refractivity contribution in [2.24, 2.45) is 0 Å². The summed E-state index contributed by atoms with van der Waals surface area (Å²) in [6, 6.07) is 6.83. The minimum absolute atomic E-state index is 0.250. The molecule has 1 aromatic carbocycles. The lowest BCUT2D eigenvalue weighted by molar-refractivity contribution is 0.102. The van der Waals surface area contributed by atoms with Crippen molar-refractivity contribution in [1.82, 2.24) is 4.98 Å². The molecule has 4 nitrogen and oxygen atoms in total. The van der Waals surface area contributed by atoms with Gasteiger partial charge in [-0.15, -0.1) is 0 Å². The molecule has 0 bridgehead atoms. The first kappa shape index (κ1) is 16.1. The van der Waals surface area contributed by atoms with Crippen molar-refractivity contribution in [1.29, 1.82) is 0 Å². The van der Waals surface area contributed by atoms with Gasteiger partial charge in [0, 0.05) is 24.3 Å². The van der Waals surface area contributed by atoms with Crippen molar-refractivity contribution in [3.05, 3.63) is 52.3 Å². The number of nitrogens with one attached hydrogen (secondary N) is 1. The SMILES string of the molecule is O=C(Nc1cc(Cl)ccc1Cl)c1cncc(N2CCCCC2)c1. The number of hydrogen-bond donors (Lipinski definition) is 1. The van der Waals surface area contributed by atoms with E-state index in [1.54, 1.807) is 30.6 Å². The van der Waals surface area contributed by atoms with Crippen LogP contribution in [0.15, 0.2) is 36.7 Å². The van der Waals surface area contributed by atoms with Crippen LogP contribution in [0.2, 0.25) is 10.0 Å². The molecule has 2 heterocycles. The molecule has 1 fully saturated rings. The largest absolute Gasteiger partial charge is 0.370 e. The normalized spacial score (nSPS) is 14.6. The predicted octanol–water partition coefficient (Wildman–Crippen LogP) is 4.63. The first-order valence-corrected chi connectivity index (χ1v) is 8.35. The summed E-state index contributed by atoms with van der Waals surface area (Å²) in [6.07, 6.45) is 6.97. The highest BCUT2D eigenvalue weighted by Gasteiger charge is 2.14. The number of hydrogen-bond acceptors (Lipinski definition) is 3. The van der Waals surface area contributed by atoms with Gasteiger partial charge >= 0.3 is 0 Å². The second kappa shape index (κ2) is 7.20. The number of amides is 1. The molecule has 1 aliphatic rings. The lowest BCUT2D eigenvalue weighted by atomic mass is 10.1. The Morgan fingerprint density at radius 2 is 1.87 bits per heavy atom. The standard InChI is InChI=1S/C17H17Cl2N3O/c18-13-4-5-15(19)16(9-13)21-17(23)12-8-14(11-20-10-12)22-6-2-1-3-7-22/h4-5,8-11H,1-3,6-7H2,(H,21,23). The van der Waals surface area contributed by atoms with Gasteiger partial charge in [0.1, 0.15) is 0 Å². The van der Waals surface area contributed by atoms with E-state index in [1.807, 2.05) is 6.07 Å². The Morgan fingerprint density at radius 3 is 2.65 bits per heavy atom. The van der Waals surface area contributed by atoms with E-state index in [-0.39, 0.29) is 5.91 Å². The van der Waals surface area contributed by atoms with Gasteiger partial charge in [0.2, 0.25) is 0 Å². The molecular formula is C17H17Cl2N3O. The number of aromatic nitrogens is 1. The van der Waals surface area contributed by atoms with Gasteiger partial charge in [-0.1, -0.05) is 23.2 Å². The Kier molecular flexibility index (Phi) is 5.03. The van der Waals surface area contributed by atoms with Gasteiger partial charge < -0.3 is 10.2 Å². The average Bonchev–Trinajstić information content (AvgIpc) is 2.59. The average molecular weight is 350 g/mol. The topological polar surface area (TPSA) is 45.2 Å². The summed E-state index contributed by atoms with van der Waals surface area (Å²) < 4.78 is 0. The van der Waals surface area contributed by atoms with E-state index in [9.17, 15) is 4.79 Å². The van der Waals surface area contributed by atoms with Crippen LogP contribution in [-0.4, -0.2) is 24.0 Å². The molecule has 0 saturated carbocycles. The lowest BCUT2D eigenvalue weighted by Gasteiger charge is -2.28. The molecule has 1 aromatic heterocycles. The summed E-state index contributed by atoms with van der Waals surface area (Å²) in [7, 11) is 0. The van der Waals surface area contributed by atoms with Crippen LogP contribution in [0.1, 0.15) is 29.6 Å². The van der Waals surface area contributed by atoms with E-state index in [4.69, 9.17) is 23.2 Å². The van der Waals surface area contributed by atoms with Crippen molar-refractivity contribution in [3.63, 3.8) is 0 Å². The zero-order chi connectivity index (χ0) is 16.2. The smallest absolute Gasteiger partial charge is 0.257 e. The minimum atomic E-state index is -0.250. The second-order valence-electron chi connectivity index (χ2n) is 5.56. The molecule has 0 radical (unpaired) electrons. The fraction of sp³-hybridized carbons (Fsp3) is 0.294. The van der Waals surface area contributed by atoms with Crippen LogP contribution in [0.3, 0.4) is 0 Å². The van der Waals surface area contributed by atoms with Crippen molar-refractivity contribution in [2.45, 2.75) is 19.3 Å².